The van der Waals surface area contributed by atoms with Gasteiger partial charge in [0.25, 0.3) is 0 Å². The fourth-order valence-electron chi connectivity index (χ4n) is 1.03. The quantitative estimate of drug-likeness (QED) is 0.633. The van der Waals surface area contributed by atoms with Crippen molar-refractivity contribution in [1.29, 1.82) is 0 Å². The predicted molar refractivity (Wildman–Crippen MR) is 50.8 cm³/mol. The summed E-state index contributed by atoms with van der Waals surface area (Å²) in [6.45, 7) is 2.44. The summed E-state index contributed by atoms with van der Waals surface area (Å²) in [5.41, 5.74) is 0. The van der Waals surface area contributed by atoms with Gasteiger partial charge < -0.3 is 15.1 Å². The second kappa shape index (κ2) is 6.07. The highest BCUT2D eigenvalue weighted by Crippen LogP contribution is 2.00. The summed E-state index contributed by atoms with van der Waals surface area (Å²) in [7, 11) is 5.88. The normalized spacial score (nSPS) is 13.3. The van der Waals surface area contributed by atoms with Crippen molar-refractivity contribution in [2.24, 2.45) is 0 Å². The van der Waals surface area contributed by atoms with E-state index < -0.39 is 6.10 Å². The lowest BCUT2D eigenvalue weighted by Gasteiger charge is -2.26. The van der Waals surface area contributed by atoms with E-state index >= 15 is 0 Å². The lowest BCUT2D eigenvalue weighted by atomic mass is 10.1. The number of aliphatic hydroxyl groups excluding tert-OH is 1. The van der Waals surface area contributed by atoms with Gasteiger partial charge in [-0.2, -0.15) is 0 Å². The molecule has 0 aromatic heterocycles. The van der Waals surface area contributed by atoms with E-state index in [0.717, 1.165) is 6.42 Å². The van der Waals surface area contributed by atoms with Gasteiger partial charge in [0.15, 0.2) is 11.9 Å². The number of carbonyl (C=O) groups is 1. The fraction of sp³-hybridized carbons (Fsp3) is 0.889. The number of rotatable bonds is 5. The minimum Gasteiger partial charge on any atom is -0.870 e. The molecule has 13 heavy (non-hydrogen) atoms. The Morgan fingerprint density at radius 2 is 1.85 bits per heavy atom. The fourth-order valence-corrected chi connectivity index (χ4v) is 1.03. The van der Waals surface area contributed by atoms with Gasteiger partial charge in [-0.25, -0.2) is 0 Å². The van der Waals surface area contributed by atoms with Gasteiger partial charge in [-0.3, -0.25) is 4.79 Å². The highest BCUT2D eigenvalue weighted by Gasteiger charge is 2.21. The molecule has 80 valence electrons. The third-order valence-electron chi connectivity index (χ3n) is 1.59. The molecule has 0 fully saturated rings. The number of hydrogen-bond donors (Lipinski definition) is 1. The molecule has 0 rings (SSSR count). The molecule has 0 aromatic carbocycles. The number of Topliss-reactive ketones (excluding diaryl/α,β-unsaturated/α-hetero) is 1. The van der Waals surface area contributed by atoms with Gasteiger partial charge in [0.2, 0.25) is 0 Å². The van der Waals surface area contributed by atoms with Crippen molar-refractivity contribution >= 4 is 5.78 Å². The molecule has 0 heterocycles. The van der Waals surface area contributed by atoms with Crippen LogP contribution >= 0.6 is 0 Å². The zero-order chi connectivity index (χ0) is 9.78. The first-order chi connectivity index (χ1) is 5.37. The first-order valence-electron chi connectivity index (χ1n) is 4.38. The van der Waals surface area contributed by atoms with Gasteiger partial charge in [-0.05, 0) is 6.42 Å². The molecule has 0 bridgehead atoms. The van der Waals surface area contributed by atoms with Crippen molar-refractivity contribution in [3.8, 4) is 0 Å². The minimum absolute atomic E-state index is 0. The smallest absolute Gasteiger partial charge is 0.167 e. The lowest BCUT2D eigenvalue weighted by Crippen LogP contribution is -2.44. The van der Waals surface area contributed by atoms with Crippen LogP contribution in [0.3, 0.4) is 0 Å². The number of carbonyl (C=O) groups excluding carboxylic acids is 1. The number of quaternary nitrogens is 1. The van der Waals surface area contributed by atoms with Crippen LogP contribution in [0, 0.1) is 0 Å². The van der Waals surface area contributed by atoms with Crippen LogP contribution in [-0.2, 0) is 4.79 Å². The van der Waals surface area contributed by atoms with Gasteiger partial charge in [-0.15, -0.1) is 0 Å². The molecule has 0 aliphatic carbocycles. The summed E-state index contributed by atoms with van der Waals surface area (Å²) in [4.78, 5) is 11.2. The second-order valence-electron chi connectivity index (χ2n) is 4.21. The molecular weight excluding hydrogens is 170 g/mol. The molecule has 4 nitrogen and oxygen atoms in total. The Hall–Kier alpha value is -0.450. The van der Waals surface area contributed by atoms with Crippen molar-refractivity contribution in [3.05, 3.63) is 0 Å². The molecule has 0 aromatic rings. The first-order valence-corrected chi connectivity index (χ1v) is 4.38. The van der Waals surface area contributed by atoms with Gasteiger partial charge in [-0.1, -0.05) is 6.92 Å². The standard InChI is InChI=1S/C9H20NO2.H2O/c1-5-6-8(11)9(12)7-10(2,3)4;/h9,12H,5-7H2,1-4H3;1H2/q+1;/p-1. The molecule has 2 N–H and O–H groups in total. The van der Waals surface area contributed by atoms with E-state index in [2.05, 4.69) is 0 Å². The summed E-state index contributed by atoms with van der Waals surface area (Å²) >= 11 is 0. The Bertz CT molecular complexity index is 151. The Morgan fingerprint density at radius 3 is 2.15 bits per heavy atom. The molecule has 0 amide bonds. The molecule has 0 radical (unpaired) electrons. The summed E-state index contributed by atoms with van der Waals surface area (Å²) in [6, 6.07) is 0. The van der Waals surface area contributed by atoms with Gasteiger partial charge in [0, 0.05) is 6.42 Å². The van der Waals surface area contributed by atoms with E-state index in [1.807, 2.05) is 28.1 Å². The molecule has 1 unspecified atom stereocenters. The molecule has 0 aliphatic heterocycles. The van der Waals surface area contributed by atoms with Crippen LogP contribution < -0.4 is 0 Å². The lowest BCUT2D eigenvalue weighted by molar-refractivity contribution is -0.872. The van der Waals surface area contributed by atoms with E-state index in [0.29, 0.717) is 17.4 Å². The van der Waals surface area contributed by atoms with Crippen LogP contribution in [0.2, 0.25) is 0 Å². The van der Waals surface area contributed by atoms with Crippen LogP contribution in [0.25, 0.3) is 0 Å². The van der Waals surface area contributed by atoms with E-state index in [1.54, 1.807) is 0 Å². The second-order valence-corrected chi connectivity index (χ2v) is 4.21. The largest absolute Gasteiger partial charge is 0.870 e. The van der Waals surface area contributed by atoms with E-state index in [4.69, 9.17) is 0 Å². The van der Waals surface area contributed by atoms with Crippen molar-refractivity contribution in [1.82, 2.24) is 0 Å². The van der Waals surface area contributed by atoms with Crippen LogP contribution in [-0.4, -0.2) is 54.6 Å². The summed E-state index contributed by atoms with van der Waals surface area (Å²) < 4.78 is 0.622. The number of likely N-dealkylation sites (N-methyl/N-ethyl adjacent to an activating group) is 1. The maximum Gasteiger partial charge on any atom is 0.167 e. The number of hydrogen-bond acceptors (Lipinski definition) is 3. The number of nitrogens with zero attached hydrogens (tertiary/aromatic N) is 1. The van der Waals surface area contributed by atoms with Gasteiger partial charge in [0.1, 0.15) is 6.54 Å². The average Bonchev–Trinajstić information content (AvgIpc) is 1.84. The Balaban J connectivity index is 0. The van der Waals surface area contributed by atoms with Crippen molar-refractivity contribution in [3.63, 3.8) is 0 Å². The summed E-state index contributed by atoms with van der Waals surface area (Å²) in [6.07, 6.45) is 0.513. The van der Waals surface area contributed by atoms with Crippen molar-refractivity contribution in [2.45, 2.75) is 25.9 Å². The predicted octanol–water partition coefficient (Wildman–Crippen LogP) is 0.246. The molecule has 1 atom stereocenters. The maximum absolute atomic E-state index is 11.2. The van der Waals surface area contributed by atoms with Crippen LogP contribution in [0.4, 0.5) is 0 Å². The highest BCUT2D eigenvalue weighted by atomic mass is 16.3. The van der Waals surface area contributed by atoms with E-state index in [-0.39, 0.29) is 11.3 Å². The third kappa shape index (κ3) is 7.90. The Labute approximate surface area is 80.1 Å². The molecule has 0 spiro atoms. The Kier molecular flexibility index (Phi) is 7.03. The number of ketones is 1. The third-order valence-corrected chi connectivity index (χ3v) is 1.59. The van der Waals surface area contributed by atoms with Crippen LogP contribution in [0.15, 0.2) is 0 Å². The molecular formula is C9H21NO3. The molecule has 0 aliphatic rings. The number of aliphatic hydroxyl groups is 1. The SMILES string of the molecule is CCCC(=O)C(O)C[N+](C)(C)C.[OH-]. The zero-order valence-corrected chi connectivity index (χ0v) is 8.95. The molecule has 0 saturated carbocycles. The Morgan fingerprint density at radius 1 is 1.38 bits per heavy atom. The summed E-state index contributed by atoms with van der Waals surface area (Å²) in [5.74, 6) is -0.0365. The zero-order valence-electron chi connectivity index (χ0n) is 8.95. The highest BCUT2D eigenvalue weighted by molar-refractivity contribution is 5.82. The van der Waals surface area contributed by atoms with Gasteiger partial charge in [0.05, 0.1) is 21.1 Å². The van der Waals surface area contributed by atoms with Crippen LogP contribution in [0.1, 0.15) is 19.8 Å². The summed E-state index contributed by atoms with van der Waals surface area (Å²) in [5, 5.41) is 9.42. The first kappa shape index (κ1) is 15.0. The van der Waals surface area contributed by atoms with E-state index in [9.17, 15) is 9.90 Å². The average molecular weight is 191 g/mol. The minimum atomic E-state index is -0.787. The molecule has 0 saturated heterocycles. The maximum atomic E-state index is 11.2. The van der Waals surface area contributed by atoms with E-state index in [1.165, 1.54) is 0 Å². The van der Waals surface area contributed by atoms with Crippen molar-refractivity contribution in [2.75, 3.05) is 27.7 Å². The van der Waals surface area contributed by atoms with Gasteiger partial charge >= 0.3 is 0 Å². The molecule has 4 heteroatoms. The van der Waals surface area contributed by atoms with Crippen LogP contribution in [0.5, 0.6) is 0 Å². The van der Waals surface area contributed by atoms with Crippen molar-refractivity contribution < 1.29 is 19.9 Å². The monoisotopic (exact) mass is 191 g/mol. The topological polar surface area (TPSA) is 67.3 Å².